The van der Waals surface area contributed by atoms with Gasteiger partial charge < -0.3 is 14.8 Å². The van der Waals surface area contributed by atoms with Crippen LogP contribution in [0, 0.1) is 0 Å². The molecule has 3 rings (SSSR count). The van der Waals surface area contributed by atoms with Crippen molar-refractivity contribution in [2.75, 3.05) is 18.5 Å². The van der Waals surface area contributed by atoms with Gasteiger partial charge in [-0.15, -0.1) is 11.3 Å². The van der Waals surface area contributed by atoms with Crippen LogP contribution in [0.25, 0.3) is 0 Å². The minimum absolute atomic E-state index is 0.208. The molecule has 2 aromatic rings. The molecule has 19 heavy (non-hydrogen) atoms. The second-order valence-corrected chi connectivity index (χ2v) is 5.74. The Hall–Kier alpha value is -1.39. The Morgan fingerprint density at radius 1 is 1.26 bits per heavy atom. The third kappa shape index (κ3) is 2.65. The van der Waals surface area contributed by atoms with Gasteiger partial charge in [0.2, 0.25) is 0 Å². The predicted molar refractivity (Wildman–Crippen MR) is 78.8 cm³/mol. The fourth-order valence-corrected chi connectivity index (χ4v) is 2.96. The second kappa shape index (κ2) is 5.31. The number of thiophene rings is 1. The molecule has 1 N–H and O–H groups in total. The molecule has 1 aliphatic heterocycles. The predicted octanol–water partition coefficient (Wildman–Crippen LogP) is 4.35. The number of rotatable bonds is 3. The maximum absolute atomic E-state index is 6.27. The largest absolute Gasteiger partial charge is 0.486 e. The summed E-state index contributed by atoms with van der Waals surface area (Å²) in [6.07, 6.45) is 0. The lowest BCUT2D eigenvalue weighted by molar-refractivity contribution is 0.171. The standard InChI is InChI=1S/C14H14ClNO2S/c1-9(14-3-2-6-19-14)16-11-8-13-12(7-10(11)15)17-4-5-18-13/h2-3,6-9,16H,4-5H2,1H3. The molecular formula is C14H14ClNO2S. The van der Waals surface area contributed by atoms with E-state index in [0.717, 1.165) is 11.4 Å². The first-order valence-corrected chi connectivity index (χ1v) is 7.39. The highest BCUT2D eigenvalue weighted by atomic mass is 35.5. The summed E-state index contributed by atoms with van der Waals surface area (Å²) in [5.74, 6) is 1.46. The van der Waals surface area contributed by atoms with Crippen molar-refractivity contribution < 1.29 is 9.47 Å². The fraction of sp³-hybridized carbons (Fsp3) is 0.286. The monoisotopic (exact) mass is 295 g/mol. The van der Waals surface area contributed by atoms with E-state index >= 15 is 0 Å². The first-order chi connectivity index (χ1) is 9.24. The zero-order chi connectivity index (χ0) is 13.2. The van der Waals surface area contributed by atoms with Crippen molar-refractivity contribution in [3.63, 3.8) is 0 Å². The third-order valence-corrected chi connectivity index (χ3v) is 4.34. The van der Waals surface area contributed by atoms with Crippen molar-refractivity contribution in [3.8, 4) is 11.5 Å². The molecule has 1 aliphatic rings. The maximum Gasteiger partial charge on any atom is 0.163 e. The van der Waals surface area contributed by atoms with Crippen LogP contribution in [0.3, 0.4) is 0 Å². The van der Waals surface area contributed by atoms with Crippen LogP contribution >= 0.6 is 22.9 Å². The van der Waals surface area contributed by atoms with Gasteiger partial charge in [-0.2, -0.15) is 0 Å². The lowest BCUT2D eigenvalue weighted by Gasteiger charge is -2.21. The number of halogens is 1. The van der Waals surface area contributed by atoms with Crippen LogP contribution < -0.4 is 14.8 Å². The smallest absolute Gasteiger partial charge is 0.163 e. The minimum Gasteiger partial charge on any atom is -0.486 e. The van der Waals surface area contributed by atoms with Crippen LogP contribution in [-0.4, -0.2) is 13.2 Å². The summed E-state index contributed by atoms with van der Waals surface area (Å²) in [5.41, 5.74) is 0.867. The van der Waals surface area contributed by atoms with Crippen LogP contribution in [0.15, 0.2) is 29.6 Å². The SMILES string of the molecule is CC(Nc1cc2c(cc1Cl)OCCO2)c1cccs1. The molecule has 0 fully saturated rings. The molecule has 0 aliphatic carbocycles. The molecule has 5 heteroatoms. The number of benzene rings is 1. The van der Waals surface area contributed by atoms with Gasteiger partial charge >= 0.3 is 0 Å². The highest BCUT2D eigenvalue weighted by molar-refractivity contribution is 7.10. The summed E-state index contributed by atoms with van der Waals surface area (Å²) < 4.78 is 11.1. The van der Waals surface area contributed by atoms with E-state index in [1.165, 1.54) is 4.88 Å². The molecule has 3 nitrogen and oxygen atoms in total. The number of hydrogen-bond acceptors (Lipinski definition) is 4. The van der Waals surface area contributed by atoms with Crippen molar-refractivity contribution in [3.05, 3.63) is 39.5 Å². The minimum atomic E-state index is 0.208. The Balaban J connectivity index is 1.84. The van der Waals surface area contributed by atoms with Crippen molar-refractivity contribution in [1.29, 1.82) is 0 Å². The van der Waals surface area contributed by atoms with Crippen molar-refractivity contribution in [2.24, 2.45) is 0 Å². The molecule has 0 spiro atoms. The van der Waals surface area contributed by atoms with Gasteiger partial charge in [-0.05, 0) is 18.4 Å². The molecule has 0 saturated carbocycles. The first-order valence-electron chi connectivity index (χ1n) is 6.13. The summed E-state index contributed by atoms with van der Waals surface area (Å²) in [4.78, 5) is 1.27. The number of fused-ring (bicyclic) bond motifs is 1. The molecule has 1 unspecified atom stereocenters. The van der Waals surface area contributed by atoms with E-state index in [1.54, 1.807) is 17.4 Å². The van der Waals surface area contributed by atoms with E-state index in [9.17, 15) is 0 Å². The summed E-state index contributed by atoms with van der Waals surface area (Å²) in [5, 5.41) is 6.12. The van der Waals surface area contributed by atoms with Gasteiger partial charge in [0.25, 0.3) is 0 Å². The van der Waals surface area contributed by atoms with Gasteiger partial charge in [0.05, 0.1) is 16.8 Å². The van der Waals surface area contributed by atoms with E-state index in [-0.39, 0.29) is 6.04 Å². The number of ether oxygens (including phenoxy) is 2. The quantitative estimate of drug-likeness (QED) is 0.913. The maximum atomic E-state index is 6.27. The van der Waals surface area contributed by atoms with Gasteiger partial charge in [-0.1, -0.05) is 17.7 Å². The molecule has 0 radical (unpaired) electrons. The first kappa shape index (κ1) is 12.6. The Kier molecular flexibility index (Phi) is 3.53. The van der Waals surface area contributed by atoms with Crippen LogP contribution in [0.1, 0.15) is 17.8 Å². The Labute approximate surface area is 121 Å². The molecule has 0 bridgehead atoms. The lowest BCUT2D eigenvalue weighted by atomic mass is 10.2. The van der Waals surface area contributed by atoms with Crippen molar-refractivity contribution in [2.45, 2.75) is 13.0 Å². The lowest BCUT2D eigenvalue weighted by Crippen LogP contribution is -2.16. The summed E-state index contributed by atoms with van der Waals surface area (Å²) in [6, 6.07) is 8.07. The van der Waals surface area contributed by atoms with Gasteiger partial charge in [0.15, 0.2) is 11.5 Å². The number of hydrogen-bond donors (Lipinski definition) is 1. The third-order valence-electron chi connectivity index (χ3n) is 2.97. The van der Waals surface area contributed by atoms with Crippen LogP contribution in [0.4, 0.5) is 5.69 Å². The van der Waals surface area contributed by atoms with E-state index in [2.05, 4.69) is 23.7 Å². The topological polar surface area (TPSA) is 30.5 Å². The normalized spacial score (nSPS) is 15.1. The average molecular weight is 296 g/mol. The molecule has 0 amide bonds. The van der Waals surface area contributed by atoms with Crippen LogP contribution in [0.2, 0.25) is 5.02 Å². The van der Waals surface area contributed by atoms with Crippen molar-refractivity contribution >= 4 is 28.6 Å². The number of anilines is 1. The fourth-order valence-electron chi connectivity index (χ4n) is 2.02. The summed E-state index contributed by atoms with van der Waals surface area (Å²) in [7, 11) is 0. The zero-order valence-electron chi connectivity index (χ0n) is 10.5. The van der Waals surface area contributed by atoms with E-state index in [1.807, 2.05) is 12.1 Å². The second-order valence-electron chi connectivity index (χ2n) is 4.36. The molecule has 1 aromatic carbocycles. The summed E-state index contributed by atoms with van der Waals surface area (Å²) in [6.45, 7) is 3.26. The Morgan fingerprint density at radius 2 is 2.00 bits per heavy atom. The molecule has 0 saturated heterocycles. The Bertz CT molecular complexity index is 571. The summed E-state index contributed by atoms with van der Waals surface area (Å²) >= 11 is 8.00. The van der Waals surface area contributed by atoms with Crippen LogP contribution in [0.5, 0.6) is 11.5 Å². The van der Waals surface area contributed by atoms with Gasteiger partial charge in [0, 0.05) is 17.0 Å². The molecule has 2 heterocycles. The van der Waals surface area contributed by atoms with Gasteiger partial charge in [-0.3, -0.25) is 0 Å². The Morgan fingerprint density at radius 3 is 2.68 bits per heavy atom. The van der Waals surface area contributed by atoms with E-state index in [4.69, 9.17) is 21.1 Å². The van der Waals surface area contributed by atoms with Gasteiger partial charge in [-0.25, -0.2) is 0 Å². The van der Waals surface area contributed by atoms with E-state index < -0.39 is 0 Å². The molecule has 1 aromatic heterocycles. The average Bonchev–Trinajstić information content (AvgIpc) is 2.93. The van der Waals surface area contributed by atoms with Crippen molar-refractivity contribution in [1.82, 2.24) is 0 Å². The molecule has 100 valence electrons. The molecular weight excluding hydrogens is 282 g/mol. The number of nitrogens with one attached hydrogen (secondary N) is 1. The van der Waals surface area contributed by atoms with E-state index in [0.29, 0.717) is 24.0 Å². The zero-order valence-corrected chi connectivity index (χ0v) is 12.1. The van der Waals surface area contributed by atoms with Crippen LogP contribution in [-0.2, 0) is 0 Å². The highest BCUT2D eigenvalue weighted by Crippen LogP contribution is 2.39. The van der Waals surface area contributed by atoms with Gasteiger partial charge in [0.1, 0.15) is 13.2 Å². The molecule has 1 atom stereocenters. The highest BCUT2D eigenvalue weighted by Gasteiger charge is 2.16.